The quantitative estimate of drug-likeness (QED) is 0.825. The van der Waals surface area contributed by atoms with E-state index in [2.05, 4.69) is 4.72 Å². The molecular formula is C12H14N2O3S2. The van der Waals surface area contributed by atoms with Crippen LogP contribution in [-0.4, -0.2) is 15.5 Å². The third-order valence-electron chi connectivity index (χ3n) is 2.56. The number of hydrogen-bond donors (Lipinski definition) is 2. The third kappa shape index (κ3) is 3.25. The van der Waals surface area contributed by atoms with Crippen molar-refractivity contribution in [2.45, 2.75) is 11.4 Å². The zero-order chi connectivity index (χ0) is 13.9. The van der Waals surface area contributed by atoms with Crippen LogP contribution < -0.4 is 15.2 Å². The fourth-order valence-electron chi connectivity index (χ4n) is 1.51. The van der Waals surface area contributed by atoms with Crippen LogP contribution in [0.15, 0.2) is 39.9 Å². The summed E-state index contributed by atoms with van der Waals surface area (Å²) in [6.45, 7) is 0.262. The molecule has 0 spiro atoms. The Labute approximate surface area is 116 Å². The molecular weight excluding hydrogens is 284 g/mol. The summed E-state index contributed by atoms with van der Waals surface area (Å²) in [5.41, 5.74) is 6.98. The molecule has 0 radical (unpaired) electrons. The second-order valence-corrected chi connectivity index (χ2v) is 6.41. The van der Waals surface area contributed by atoms with Crippen molar-refractivity contribution in [3.63, 3.8) is 0 Å². The Morgan fingerprint density at radius 3 is 2.79 bits per heavy atom. The molecule has 0 bridgehead atoms. The Kier molecular flexibility index (Phi) is 4.08. The van der Waals surface area contributed by atoms with Crippen LogP contribution in [0.25, 0.3) is 0 Å². The van der Waals surface area contributed by atoms with E-state index in [9.17, 15) is 8.42 Å². The number of hydrogen-bond acceptors (Lipinski definition) is 5. The molecule has 1 aromatic carbocycles. The normalized spacial score (nSPS) is 11.4. The fraction of sp³-hybridized carbons (Fsp3) is 0.167. The molecule has 1 heterocycles. The first-order valence-electron chi connectivity index (χ1n) is 5.47. The van der Waals surface area contributed by atoms with Gasteiger partial charge in [0.25, 0.3) is 0 Å². The van der Waals surface area contributed by atoms with E-state index in [-0.39, 0.29) is 11.4 Å². The lowest BCUT2D eigenvalue weighted by Crippen LogP contribution is -2.23. The van der Waals surface area contributed by atoms with E-state index in [1.54, 1.807) is 0 Å². The van der Waals surface area contributed by atoms with Crippen molar-refractivity contribution in [1.82, 2.24) is 4.72 Å². The van der Waals surface area contributed by atoms with Crippen LogP contribution in [0.3, 0.4) is 0 Å². The molecule has 0 saturated heterocycles. The summed E-state index contributed by atoms with van der Waals surface area (Å²) < 4.78 is 31.8. The molecule has 0 unspecified atom stereocenters. The van der Waals surface area contributed by atoms with Crippen molar-refractivity contribution in [2.75, 3.05) is 12.8 Å². The van der Waals surface area contributed by atoms with E-state index in [0.29, 0.717) is 11.4 Å². The Morgan fingerprint density at radius 2 is 2.16 bits per heavy atom. The number of rotatable bonds is 5. The average molecular weight is 298 g/mol. The number of benzene rings is 1. The van der Waals surface area contributed by atoms with Gasteiger partial charge in [-0.1, -0.05) is 0 Å². The molecule has 7 heteroatoms. The van der Waals surface area contributed by atoms with E-state index in [4.69, 9.17) is 10.5 Å². The molecule has 0 aliphatic rings. The number of thiophene rings is 1. The van der Waals surface area contributed by atoms with E-state index in [0.717, 1.165) is 5.56 Å². The Hall–Kier alpha value is -1.57. The average Bonchev–Trinajstić information content (AvgIpc) is 2.90. The molecule has 0 fully saturated rings. The van der Waals surface area contributed by atoms with Gasteiger partial charge in [0.2, 0.25) is 10.0 Å². The molecule has 0 aliphatic carbocycles. The van der Waals surface area contributed by atoms with Gasteiger partial charge in [-0.2, -0.15) is 11.3 Å². The van der Waals surface area contributed by atoms with Gasteiger partial charge in [-0.25, -0.2) is 13.1 Å². The first-order chi connectivity index (χ1) is 9.03. The lowest BCUT2D eigenvalue weighted by molar-refractivity contribution is 0.415. The highest BCUT2D eigenvalue weighted by molar-refractivity contribution is 7.89. The summed E-state index contributed by atoms with van der Waals surface area (Å²) in [6, 6.07) is 6.24. The van der Waals surface area contributed by atoms with E-state index < -0.39 is 10.0 Å². The third-order valence-corrected chi connectivity index (χ3v) is 4.69. The van der Waals surface area contributed by atoms with Gasteiger partial charge in [0.05, 0.1) is 17.7 Å². The second-order valence-electron chi connectivity index (χ2n) is 3.86. The number of sulfonamides is 1. The minimum absolute atomic E-state index is 0.133. The first kappa shape index (κ1) is 13.9. The van der Waals surface area contributed by atoms with Crippen molar-refractivity contribution >= 4 is 27.0 Å². The van der Waals surface area contributed by atoms with Gasteiger partial charge in [-0.05, 0) is 34.5 Å². The van der Waals surface area contributed by atoms with Crippen molar-refractivity contribution in [1.29, 1.82) is 0 Å². The zero-order valence-corrected chi connectivity index (χ0v) is 11.9. The van der Waals surface area contributed by atoms with Gasteiger partial charge < -0.3 is 10.5 Å². The van der Waals surface area contributed by atoms with Gasteiger partial charge in [-0.3, -0.25) is 0 Å². The van der Waals surface area contributed by atoms with Gasteiger partial charge in [0, 0.05) is 12.6 Å². The van der Waals surface area contributed by atoms with Crippen LogP contribution in [0.2, 0.25) is 0 Å². The molecule has 0 atom stereocenters. The molecule has 19 heavy (non-hydrogen) atoms. The van der Waals surface area contributed by atoms with Gasteiger partial charge in [0.15, 0.2) is 0 Å². The number of nitrogens with two attached hydrogens (primary N) is 1. The SMILES string of the molecule is COc1cc(S(=O)(=O)NCc2ccsc2)ccc1N. The number of nitrogens with one attached hydrogen (secondary N) is 1. The highest BCUT2D eigenvalue weighted by atomic mass is 32.2. The van der Waals surface area contributed by atoms with E-state index >= 15 is 0 Å². The highest BCUT2D eigenvalue weighted by Crippen LogP contribution is 2.24. The van der Waals surface area contributed by atoms with Crippen LogP contribution in [0.5, 0.6) is 5.75 Å². The molecule has 2 rings (SSSR count). The smallest absolute Gasteiger partial charge is 0.241 e. The summed E-state index contributed by atoms with van der Waals surface area (Å²) in [5, 5.41) is 3.79. The van der Waals surface area contributed by atoms with Crippen molar-refractivity contribution in [3.05, 3.63) is 40.6 Å². The van der Waals surface area contributed by atoms with Gasteiger partial charge in [-0.15, -0.1) is 0 Å². The van der Waals surface area contributed by atoms with Crippen molar-refractivity contribution in [3.8, 4) is 5.75 Å². The summed E-state index contributed by atoms with van der Waals surface area (Å²) in [5.74, 6) is 0.346. The zero-order valence-electron chi connectivity index (χ0n) is 10.3. The number of methoxy groups -OCH3 is 1. The fourth-order valence-corrected chi connectivity index (χ4v) is 3.21. The molecule has 3 N–H and O–H groups in total. The van der Waals surface area contributed by atoms with Crippen LogP contribution >= 0.6 is 11.3 Å². The monoisotopic (exact) mass is 298 g/mol. The number of anilines is 1. The Morgan fingerprint density at radius 1 is 1.37 bits per heavy atom. The molecule has 5 nitrogen and oxygen atoms in total. The van der Waals surface area contributed by atoms with Crippen LogP contribution in [0.4, 0.5) is 5.69 Å². The van der Waals surface area contributed by atoms with E-state index in [1.807, 2.05) is 16.8 Å². The topological polar surface area (TPSA) is 81.4 Å². The maximum atomic E-state index is 12.1. The summed E-state index contributed by atoms with van der Waals surface area (Å²) >= 11 is 1.52. The minimum Gasteiger partial charge on any atom is -0.495 e. The predicted molar refractivity (Wildman–Crippen MR) is 75.8 cm³/mol. The molecule has 1 aromatic heterocycles. The molecule has 0 amide bonds. The lowest BCUT2D eigenvalue weighted by atomic mass is 10.3. The van der Waals surface area contributed by atoms with Crippen LogP contribution in [-0.2, 0) is 16.6 Å². The highest BCUT2D eigenvalue weighted by Gasteiger charge is 2.15. The number of ether oxygens (including phenoxy) is 1. The van der Waals surface area contributed by atoms with Crippen LogP contribution in [0.1, 0.15) is 5.56 Å². The summed E-state index contributed by atoms with van der Waals surface area (Å²) in [4.78, 5) is 0.133. The molecule has 0 saturated carbocycles. The molecule has 102 valence electrons. The first-order valence-corrected chi connectivity index (χ1v) is 7.90. The maximum absolute atomic E-state index is 12.1. The van der Waals surface area contributed by atoms with Crippen LogP contribution in [0, 0.1) is 0 Å². The largest absolute Gasteiger partial charge is 0.495 e. The predicted octanol–water partition coefficient (Wildman–Crippen LogP) is 1.82. The Balaban J connectivity index is 2.19. The van der Waals surface area contributed by atoms with Gasteiger partial charge >= 0.3 is 0 Å². The molecule has 0 aliphatic heterocycles. The minimum atomic E-state index is -3.57. The van der Waals surface area contributed by atoms with Crippen molar-refractivity contribution < 1.29 is 13.2 Å². The Bertz CT molecular complexity index is 652. The van der Waals surface area contributed by atoms with Crippen molar-refractivity contribution in [2.24, 2.45) is 0 Å². The summed E-state index contributed by atoms with van der Waals surface area (Å²) in [6.07, 6.45) is 0. The standard InChI is InChI=1S/C12H14N2O3S2/c1-17-12-6-10(2-3-11(12)13)19(15,16)14-7-9-4-5-18-8-9/h2-6,8,14H,7,13H2,1H3. The van der Waals surface area contributed by atoms with Gasteiger partial charge in [0.1, 0.15) is 5.75 Å². The number of nitrogen functional groups attached to an aromatic ring is 1. The lowest BCUT2D eigenvalue weighted by Gasteiger charge is -2.09. The summed E-state index contributed by atoms with van der Waals surface area (Å²) in [7, 11) is -2.12. The van der Waals surface area contributed by atoms with E-state index in [1.165, 1.54) is 36.6 Å². The maximum Gasteiger partial charge on any atom is 0.241 e. The molecule has 2 aromatic rings. The second kappa shape index (κ2) is 5.60.